The van der Waals surface area contributed by atoms with Gasteiger partial charge in [0.15, 0.2) is 0 Å². The van der Waals surface area contributed by atoms with Crippen LogP contribution in [0.4, 0.5) is 4.79 Å². The van der Waals surface area contributed by atoms with Crippen molar-refractivity contribution in [2.24, 2.45) is 0 Å². The Hall–Kier alpha value is -3.35. The molecule has 7 heteroatoms. The lowest BCUT2D eigenvalue weighted by atomic mass is 9.90. The summed E-state index contributed by atoms with van der Waals surface area (Å²) in [5.41, 5.74) is 3.32. The van der Waals surface area contributed by atoms with Crippen molar-refractivity contribution >= 4 is 18.0 Å². The lowest BCUT2D eigenvalue weighted by Crippen LogP contribution is -2.58. The van der Waals surface area contributed by atoms with Gasteiger partial charge in [0, 0.05) is 12.5 Å². The van der Waals surface area contributed by atoms with Crippen molar-refractivity contribution in [2.45, 2.75) is 63.5 Å². The van der Waals surface area contributed by atoms with Crippen LogP contribution >= 0.6 is 0 Å². The molecule has 1 heterocycles. The first-order valence-corrected chi connectivity index (χ1v) is 12.1. The van der Waals surface area contributed by atoms with Gasteiger partial charge in [-0.3, -0.25) is 4.79 Å². The fraction of sp³-hybridized carbons (Fsp3) is 0.444. The van der Waals surface area contributed by atoms with E-state index in [1.807, 2.05) is 43.3 Å². The molecule has 2 aliphatic rings. The second-order valence-corrected chi connectivity index (χ2v) is 9.11. The Kier molecular flexibility index (Phi) is 6.91. The van der Waals surface area contributed by atoms with Gasteiger partial charge in [-0.05, 0) is 47.9 Å². The van der Waals surface area contributed by atoms with Gasteiger partial charge in [0.1, 0.15) is 18.2 Å². The van der Waals surface area contributed by atoms with Gasteiger partial charge in [0.2, 0.25) is 5.91 Å². The summed E-state index contributed by atoms with van der Waals surface area (Å²) < 4.78 is 5.59. The number of carboxylic acid groups (broad SMARTS) is 1. The summed E-state index contributed by atoms with van der Waals surface area (Å²) in [6, 6.07) is 15.4. The molecule has 1 saturated heterocycles. The quantitative estimate of drug-likeness (QED) is 0.598. The summed E-state index contributed by atoms with van der Waals surface area (Å²) in [5.74, 6) is -1.41. The first kappa shape index (κ1) is 23.8. The number of carboxylic acids is 1. The minimum atomic E-state index is -1.19. The zero-order valence-corrected chi connectivity index (χ0v) is 19.8. The van der Waals surface area contributed by atoms with E-state index in [4.69, 9.17) is 4.74 Å². The van der Waals surface area contributed by atoms with E-state index in [1.54, 1.807) is 6.92 Å². The van der Waals surface area contributed by atoms with Gasteiger partial charge in [0.05, 0.1) is 0 Å². The number of ether oxygens (including phenoxy) is 1. The minimum absolute atomic E-state index is 0.0725. The molecule has 1 aliphatic carbocycles. The topological polar surface area (TPSA) is 95.9 Å². The standard InChI is InChI=1S/C27H32N2O5/c1-3-14-27(25(31)32)15-9-16-29(27)24(30)23(4-2)28-26(33)34-17-22-20-12-7-5-10-18(20)19-11-6-8-13-21(19)22/h5-8,10-13,22-23H,3-4,9,14-17H2,1-2H3,(H,28,33)(H,31,32)/t23-,27?/m0/s1. The minimum Gasteiger partial charge on any atom is -0.479 e. The van der Waals surface area contributed by atoms with E-state index in [2.05, 4.69) is 17.4 Å². The molecule has 2 aromatic carbocycles. The Labute approximate surface area is 200 Å². The van der Waals surface area contributed by atoms with Crippen molar-refractivity contribution in [3.05, 3.63) is 59.7 Å². The molecule has 0 radical (unpaired) electrons. The molecule has 2 aromatic rings. The van der Waals surface area contributed by atoms with Gasteiger partial charge in [-0.15, -0.1) is 0 Å². The average Bonchev–Trinajstić information content (AvgIpc) is 3.41. The molecule has 0 bridgehead atoms. The SMILES string of the molecule is CCCC1(C(=O)O)CCCN1C(=O)[C@H](CC)NC(=O)OCC1c2ccccc2-c2ccccc21. The van der Waals surface area contributed by atoms with Gasteiger partial charge in [-0.1, -0.05) is 68.8 Å². The van der Waals surface area contributed by atoms with Crippen LogP contribution < -0.4 is 5.32 Å². The van der Waals surface area contributed by atoms with Crippen LogP contribution in [0.25, 0.3) is 11.1 Å². The Morgan fingerprint density at radius 2 is 1.71 bits per heavy atom. The third-order valence-electron chi connectivity index (χ3n) is 7.16. The molecule has 2 atom stereocenters. The summed E-state index contributed by atoms with van der Waals surface area (Å²) in [6.07, 6.45) is 1.81. The highest BCUT2D eigenvalue weighted by atomic mass is 16.5. The molecule has 4 rings (SSSR count). The van der Waals surface area contributed by atoms with Crippen molar-refractivity contribution in [3.63, 3.8) is 0 Å². The zero-order chi connectivity index (χ0) is 24.3. The van der Waals surface area contributed by atoms with Crippen LogP contribution in [0, 0.1) is 0 Å². The normalized spacial score (nSPS) is 19.9. The van der Waals surface area contributed by atoms with Gasteiger partial charge < -0.3 is 20.1 Å². The third kappa shape index (κ3) is 4.15. The molecule has 0 aromatic heterocycles. The van der Waals surface area contributed by atoms with Gasteiger partial charge in [0.25, 0.3) is 0 Å². The second kappa shape index (κ2) is 9.87. The molecule has 34 heavy (non-hydrogen) atoms. The first-order valence-electron chi connectivity index (χ1n) is 12.1. The second-order valence-electron chi connectivity index (χ2n) is 9.11. The molecule has 1 aliphatic heterocycles. The van der Waals surface area contributed by atoms with Gasteiger partial charge in [-0.2, -0.15) is 0 Å². The van der Waals surface area contributed by atoms with Crippen LogP contribution in [0.3, 0.4) is 0 Å². The molecule has 7 nitrogen and oxygen atoms in total. The Morgan fingerprint density at radius 1 is 1.09 bits per heavy atom. The number of alkyl carbamates (subject to hydrolysis) is 1. The number of amides is 2. The number of benzene rings is 2. The molecule has 0 saturated carbocycles. The van der Waals surface area contributed by atoms with E-state index < -0.39 is 23.6 Å². The van der Waals surface area contributed by atoms with Crippen molar-refractivity contribution in [3.8, 4) is 11.1 Å². The molecule has 1 fully saturated rings. The van der Waals surface area contributed by atoms with E-state index in [0.717, 1.165) is 22.3 Å². The molecule has 0 spiro atoms. The maximum absolute atomic E-state index is 13.3. The van der Waals surface area contributed by atoms with Crippen LogP contribution in [0.5, 0.6) is 0 Å². The summed E-state index contributed by atoms with van der Waals surface area (Å²) in [6.45, 7) is 4.25. The fourth-order valence-corrected chi connectivity index (χ4v) is 5.51. The number of nitrogens with one attached hydrogen (secondary N) is 1. The van der Waals surface area contributed by atoms with Crippen LogP contribution in [-0.2, 0) is 14.3 Å². The molecule has 2 amide bonds. The highest BCUT2D eigenvalue weighted by Crippen LogP contribution is 2.44. The predicted molar refractivity (Wildman–Crippen MR) is 129 cm³/mol. The molecular formula is C27H32N2O5. The van der Waals surface area contributed by atoms with E-state index in [1.165, 1.54) is 4.90 Å². The summed E-state index contributed by atoms with van der Waals surface area (Å²) in [5, 5.41) is 12.6. The largest absolute Gasteiger partial charge is 0.479 e. The van der Waals surface area contributed by atoms with E-state index in [0.29, 0.717) is 38.6 Å². The number of fused-ring (bicyclic) bond motifs is 3. The Morgan fingerprint density at radius 3 is 2.26 bits per heavy atom. The number of rotatable bonds is 8. The molecule has 2 N–H and O–H groups in total. The number of likely N-dealkylation sites (tertiary alicyclic amines) is 1. The van der Waals surface area contributed by atoms with E-state index >= 15 is 0 Å². The monoisotopic (exact) mass is 464 g/mol. The van der Waals surface area contributed by atoms with Crippen LogP contribution in [0.15, 0.2) is 48.5 Å². The van der Waals surface area contributed by atoms with Crippen LogP contribution in [-0.4, -0.2) is 52.7 Å². The highest BCUT2D eigenvalue weighted by Gasteiger charge is 2.50. The number of carbonyl (C=O) groups is 3. The first-order chi connectivity index (χ1) is 16.4. The summed E-state index contributed by atoms with van der Waals surface area (Å²) in [4.78, 5) is 39.6. The lowest BCUT2D eigenvalue weighted by molar-refractivity contribution is -0.158. The Balaban J connectivity index is 1.43. The number of hydrogen-bond acceptors (Lipinski definition) is 4. The summed E-state index contributed by atoms with van der Waals surface area (Å²) >= 11 is 0. The van der Waals surface area contributed by atoms with E-state index in [-0.39, 0.29) is 18.4 Å². The maximum atomic E-state index is 13.3. The lowest BCUT2D eigenvalue weighted by Gasteiger charge is -2.36. The van der Waals surface area contributed by atoms with Crippen LogP contribution in [0.1, 0.15) is 63.0 Å². The predicted octanol–water partition coefficient (Wildman–Crippen LogP) is 4.55. The summed E-state index contributed by atoms with van der Waals surface area (Å²) in [7, 11) is 0. The fourth-order valence-electron chi connectivity index (χ4n) is 5.51. The van der Waals surface area contributed by atoms with Crippen molar-refractivity contribution in [2.75, 3.05) is 13.2 Å². The van der Waals surface area contributed by atoms with Crippen molar-refractivity contribution < 1.29 is 24.2 Å². The number of nitrogens with zero attached hydrogens (tertiary/aromatic N) is 1. The smallest absolute Gasteiger partial charge is 0.407 e. The average molecular weight is 465 g/mol. The highest BCUT2D eigenvalue weighted by molar-refractivity contribution is 5.92. The number of carbonyl (C=O) groups excluding carboxylic acids is 2. The zero-order valence-electron chi connectivity index (χ0n) is 19.8. The Bertz CT molecular complexity index is 1040. The molecule has 1 unspecified atom stereocenters. The van der Waals surface area contributed by atoms with Crippen molar-refractivity contribution in [1.82, 2.24) is 10.2 Å². The van der Waals surface area contributed by atoms with Crippen LogP contribution in [0.2, 0.25) is 0 Å². The van der Waals surface area contributed by atoms with Crippen molar-refractivity contribution in [1.29, 1.82) is 0 Å². The maximum Gasteiger partial charge on any atom is 0.407 e. The number of aliphatic carboxylic acids is 1. The van der Waals surface area contributed by atoms with E-state index in [9.17, 15) is 19.5 Å². The third-order valence-corrected chi connectivity index (χ3v) is 7.16. The van der Waals surface area contributed by atoms with Gasteiger partial charge >= 0.3 is 12.1 Å². The van der Waals surface area contributed by atoms with Gasteiger partial charge in [-0.25, -0.2) is 9.59 Å². The molecule has 180 valence electrons. The molecular weight excluding hydrogens is 432 g/mol. The number of hydrogen-bond donors (Lipinski definition) is 2.